The van der Waals surface area contributed by atoms with Crippen LogP contribution in [-0.2, 0) is 0 Å². The van der Waals surface area contributed by atoms with Crippen LogP contribution in [0.1, 0.15) is 25.7 Å². The molecule has 2 aliphatic rings. The van der Waals surface area contributed by atoms with Gasteiger partial charge in [0.15, 0.2) is 5.79 Å². The number of nitrogens with two attached hydrogens (primary N) is 1. The molecule has 5 nitrogen and oxygen atoms in total. The molecule has 1 fully saturated rings. The maximum absolute atomic E-state index is 6.39. The summed E-state index contributed by atoms with van der Waals surface area (Å²) in [5, 5.41) is 6.73. The molecule has 1 aliphatic heterocycles. The Bertz CT molecular complexity index is 330. The third-order valence-corrected chi connectivity index (χ3v) is 3.72. The molecule has 2 rings (SSSR count). The van der Waals surface area contributed by atoms with Crippen LogP contribution >= 0.6 is 0 Å². The number of hydrogen-bond acceptors (Lipinski definition) is 5. The van der Waals surface area contributed by atoms with E-state index in [2.05, 4.69) is 34.6 Å². The van der Waals surface area contributed by atoms with Crippen LogP contribution in [0.4, 0.5) is 0 Å². The van der Waals surface area contributed by atoms with Crippen molar-refractivity contribution in [2.45, 2.75) is 31.5 Å². The highest BCUT2D eigenvalue weighted by Gasteiger charge is 2.37. The fourth-order valence-electron chi connectivity index (χ4n) is 2.62. The van der Waals surface area contributed by atoms with E-state index in [0.717, 1.165) is 18.9 Å². The first-order valence-corrected chi connectivity index (χ1v) is 6.81. The van der Waals surface area contributed by atoms with Crippen molar-refractivity contribution in [1.29, 1.82) is 0 Å². The van der Waals surface area contributed by atoms with E-state index in [9.17, 15) is 0 Å². The Morgan fingerprint density at radius 3 is 2.89 bits per heavy atom. The van der Waals surface area contributed by atoms with Crippen molar-refractivity contribution in [3.63, 3.8) is 0 Å². The summed E-state index contributed by atoms with van der Waals surface area (Å²) in [5.41, 5.74) is 6.39. The van der Waals surface area contributed by atoms with Gasteiger partial charge >= 0.3 is 0 Å². The van der Waals surface area contributed by atoms with Gasteiger partial charge in [0, 0.05) is 25.2 Å². The lowest BCUT2D eigenvalue weighted by molar-refractivity contribution is 0.238. The average Bonchev–Trinajstić information content (AvgIpc) is 2.82. The Morgan fingerprint density at radius 1 is 1.50 bits per heavy atom. The molecule has 1 aliphatic carbocycles. The summed E-state index contributed by atoms with van der Waals surface area (Å²) in [4.78, 5) is 6.60. The van der Waals surface area contributed by atoms with Gasteiger partial charge in [-0.1, -0.05) is 12.8 Å². The molecule has 102 valence electrons. The van der Waals surface area contributed by atoms with Crippen molar-refractivity contribution in [2.24, 2.45) is 16.6 Å². The van der Waals surface area contributed by atoms with E-state index in [-0.39, 0.29) is 0 Å². The van der Waals surface area contributed by atoms with Gasteiger partial charge in [0.05, 0.1) is 0 Å². The van der Waals surface area contributed by atoms with Crippen LogP contribution < -0.4 is 16.4 Å². The highest BCUT2D eigenvalue weighted by atomic mass is 15.3. The minimum Gasteiger partial charge on any atom is -0.370 e. The second-order valence-electron chi connectivity index (χ2n) is 5.52. The molecule has 0 spiro atoms. The average molecular weight is 251 g/mol. The van der Waals surface area contributed by atoms with E-state index in [0.29, 0.717) is 5.92 Å². The van der Waals surface area contributed by atoms with Crippen molar-refractivity contribution in [2.75, 3.05) is 27.2 Å². The molecule has 0 aromatic rings. The smallest absolute Gasteiger partial charge is 0.186 e. The Kier molecular flexibility index (Phi) is 4.24. The molecule has 4 N–H and O–H groups in total. The monoisotopic (exact) mass is 251 g/mol. The molecule has 0 saturated heterocycles. The van der Waals surface area contributed by atoms with Gasteiger partial charge in [-0.2, -0.15) is 0 Å². The second kappa shape index (κ2) is 5.71. The summed E-state index contributed by atoms with van der Waals surface area (Å²) < 4.78 is 0. The summed E-state index contributed by atoms with van der Waals surface area (Å²) >= 11 is 0. The molecule has 0 bridgehead atoms. The molecular weight excluding hydrogens is 226 g/mol. The number of rotatable bonds is 5. The molecule has 0 aromatic carbocycles. The Morgan fingerprint density at radius 2 is 2.22 bits per heavy atom. The van der Waals surface area contributed by atoms with Gasteiger partial charge in [-0.15, -0.1) is 0 Å². The van der Waals surface area contributed by atoms with Gasteiger partial charge in [-0.3, -0.25) is 10.7 Å². The standard InChI is InChI=1S/C13H25N5/c1-18(2)10-9-15-12-7-8-16-13(14,17-12)11-5-3-4-6-11/h7-8,11,15,17H,3-6,9-10,14H2,1-2H3. The van der Waals surface area contributed by atoms with Crippen LogP contribution in [0, 0.1) is 5.92 Å². The van der Waals surface area contributed by atoms with Crippen molar-refractivity contribution in [3.05, 3.63) is 11.9 Å². The Labute approximate surface area is 110 Å². The molecule has 1 saturated carbocycles. The van der Waals surface area contributed by atoms with E-state index in [4.69, 9.17) is 5.73 Å². The molecule has 18 heavy (non-hydrogen) atoms. The lowest BCUT2D eigenvalue weighted by Crippen LogP contribution is -2.59. The quantitative estimate of drug-likeness (QED) is 0.664. The van der Waals surface area contributed by atoms with Crippen LogP contribution in [-0.4, -0.2) is 44.1 Å². The molecule has 5 heteroatoms. The van der Waals surface area contributed by atoms with Crippen LogP contribution in [0.25, 0.3) is 0 Å². The van der Waals surface area contributed by atoms with E-state index < -0.39 is 5.79 Å². The van der Waals surface area contributed by atoms with Crippen molar-refractivity contribution < 1.29 is 0 Å². The number of hydrogen-bond donors (Lipinski definition) is 3. The predicted octanol–water partition coefficient (Wildman–Crippen LogP) is 0.456. The zero-order valence-corrected chi connectivity index (χ0v) is 11.4. The van der Waals surface area contributed by atoms with Crippen LogP contribution in [0.3, 0.4) is 0 Å². The van der Waals surface area contributed by atoms with Gasteiger partial charge < -0.3 is 15.5 Å². The summed E-state index contributed by atoms with van der Waals surface area (Å²) in [7, 11) is 4.13. The SMILES string of the molecule is CN(C)CCNC1=CC=NC(N)(C2CCCC2)N1. The third-order valence-electron chi connectivity index (χ3n) is 3.72. The lowest BCUT2D eigenvalue weighted by Gasteiger charge is -2.36. The summed E-state index contributed by atoms with van der Waals surface area (Å²) in [6.45, 7) is 1.90. The van der Waals surface area contributed by atoms with E-state index in [1.807, 2.05) is 12.3 Å². The van der Waals surface area contributed by atoms with Gasteiger partial charge in [-0.25, -0.2) is 0 Å². The lowest BCUT2D eigenvalue weighted by atomic mass is 9.99. The zero-order chi connectivity index (χ0) is 13.0. The maximum Gasteiger partial charge on any atom is 0.186 e. The van der Waals surface area contributed by atoms with E-state index in [1.54, 1.807) is 0 Å². The van der Waals surface area contributed by atoms with Gasteiger partial charge in [0.2, 0.25) is 0 Å². The van der Waals surface area contributed by atoms with Crippen molar-refractivity contribution >= 4 is 6.21 Å². The Hall–Kier alpha value is -1.07. The largest absolute Gasteiger partial charge is 0.370 e. The first-order valence-electron chi connectivity index (χ1n) is 6.81. The third kappa shape index (κ3) is 3.23. The number of nitrogens with one attached hydrogen (secondary N) is 2. The van der Waals surface area contributed by atoms with Crippen LogP contribution in [0.2, 0.25) is 0 Å². The van der Waals surface area contributed by atoms with Crippen LogP contribution in [0.5, 0.6) is 0 Å². The summed E-state index contributed by atoms with van der Waals surface area (Å²) in [5.74, 6) is 0.834. The maximum atomic E-state index is 6.39. The van der Waals surface area contributed by atoms with Crippen molar-refractivity contribution in [1.82, 2.24) is 15.5 Å². The summed E-state index contributed by atoms with van der Waals surface area (Å²) in [6.07, 6.45) is 8.67. The number of allylic oxidation sites excluding steroid dienone is 1. The molecule has 1 heterocycles. The van der Waals surface area contributed by atoms with E-state index in [1.165, 1.54) is 25.7 Å². The first-order chi connectivity index (χ1) is 8.60. The number of aliphatic imine (C=N–C) groups is 1. The van der Waals surface area contributed by atoms with Gasteiger partial charge in [0.25, 0.3) is 0 Å². The van der Waals surface area contributed by atoms with Gasteiger partial charge in [-0.05, 0) is 33.0 Å². The predicted molar refractivity (Wildman–Crippen MR) is 75.1 cm³/mol. The van der Waals surface area contributed by atoms with Crippen molar-refractivity contribution in [3.8, 4) is 0 Å². The molecule has 0 aromatic heterocycles. The fraction of sp³-hybridized carbons (Fsp3) is 0.769. The Balaban J connectivity index is 1.87. The zero-order valence-electron chi connectivity index (χ0n) is 11.4. The number of nitrogens with zero attached hydrogens (tertiary/aromatic N) is 2. The molecule has 1 atom stereocenters. The number of likely N-dealkylation sites (N-methyl/N-ethyl adjacent to an activating group) is 1. The molecular formula is C13H25N5. The highest BCUT2D eigenvalue weighted by Crippen LogP contribution is 2.33. The molecule has 1 unspecified atom stereocenters. The minimum absolute atomic E-state index is 0.452. The van der Waals surface area contributed by atoms with Crippen LogP contribution in [0.15, 0.2) is 16.9 Å². The highest BCUT2D eigenvalue weighted by molar-refractivity contribution is 5.73. The minimum atomic E-state index is -0.605. The molecule has 0 amide bonds. The van der Waals surface area contributed by atoms with E-state index >= 15 is 0 Å². The fourth-order valence-corrected chi connectivity index (χ4v) is 2.62. The first kappa shape index (κ1) is 13.4. The molecule has 0 radical (unpaired) electrons. The topological polar surface area (TPSA) is 65.7 Å². The second-order valence-corrected chi connectivity index (χ2v) is 5.52. The van der Waals surface area contributed by atoms with Gasteiger partial charge in [0.1, 0.15) is 5.82 Å². The summed E-state index contributed by atoms with van der Waals surface area (Å²) in [6, 6.07) is 0. The normalized spacial score (nSPS) is 28.3.